The Morgan fingerprint density at radius 1 is 0.977 bits per heavy atom. The second-order valence-corrected chi connectivity index (χ2v) is 12.3. The lowest BCUT2D eigenvalue weighted by Crippen LogP contribution is -2.38. The average Bonchev–Trinajstić information content (AvgIpc) is 3.43. The summed E-state index contributed by atoms with van der Waals surface area (Å²) in [5, 5.41) is 0. The molecule has 5 nitrogen and oxygen atoms in total. The zero-order chi connectivity index (χ0) is 31.7. The summed E-state index contributed by atoms with van der Waals surface area (Å²) < 4.78 is 91.8. The number of halogens is 6. The van der Waals surface area contributed by atoms with Gasteiger partial charge < -0.3 is 9.47 Å². The molecule has 43 heavy (non-hydrogen) atoms. The van der Waals surface area contributed by atoms with E-state index in [1.807, 2.05) is 6.07 Å². The Bertz CT molecular complexity index is 1340. The van der Waals surface area contributed by atoms with Crippen molar-refractivity contribution in [1.82, 2.24) is 4.90 Å². The highest BCUT2D eigenvalue weighted by molar-refractivity contribution is 5.87. The Morgan fingerprint density at radius 2 is 1.60 bits per heavy atom. The Labute approximate surface area is 246 Å². The summed E-state index contributed by atoms with van der Waals surface area (Å²) in [6.45, 7) is 6.85. The molecule has 0 aliphatic heterocycles. The van der Waals surface area contributed by atoms with Crippen LogP contribution in [0.4, 0.5) is 31.1 Å². The highest BCUT2D eigenvalue weighted by Gasteiger charge is 2.39. The number of hydrogen-bond acceptors (Lipinski definition) is 4. The lowest BCUT2D eigenvalue weighted by atomic mass is 10.0. The van der Waals surface area contributed by atoms with Crippen molar-refractivity contribution in [3.05, 3.63) is 75.9 Å². The second-order valence-electron chi connectivity index (χ2n) is 12.3. The standard InChI is InChI=1S/C32H35F6NO4/c1-19-13-22(19)11-12-42-28(40)10-6-20-5-8-26-23(14-20)7-9-27(26)39(29(41)43-30(2,3)4)18-21-15-24(31(33,34)35)17-25(16-21)32(36,37)38/h5-6,8,10,14-17,19,22,27H,7,9,11-13,18H2,1-4H3/b10-6+/t19?,22-,27?/m1/s1. The zero-order valence-corrected chi connectivity index (χ0v) is 24.4. The van der Waals surface area contributed by atoms with Crippen LogP contribution in [0.2, 0.25) is 0 Å². The molecule has 2 aromatic carbocycles. The van der Waals surface area contributed by atoms with Crippen molar-refractivity contribution in [1.29, 1.82) is 0 Å². The third-order valence-electron chi connectivity index (χ3n) is 7.64. The summed E-state index contributed by atoms with van der Waals surface area (Å²) in [6, 6.07) is 5.97. The smallest absolute Gasteiger partial charge is 0.416 e. The fourth-order valence-corrected chi connectivity index (χ4v) is 5.30. The molecule has 0 bridgehead atoms. The molecule has 234 valence electrons. The molecule has 1 amide bonds. The predicted molar refractivity (Wildman–Crippen MR) is 148 cm³/mol. The lowest BCUT2D eigenvalue weighted by Gasteiger charge is -2.32. The minimum Gasteiger partial charge on any atom is -0.463 e. The van der Waals surface area contributed by atoms with Gasteiger partial charge in [-0.3, -0.25) is 4.90 Å². The molecular formula is C32H35F6NO4. The number of esters is 1. The van der Waals surface area contributed by atoms with Gasteiger partial charge in [0.1, 0.15) is 5.60 Å². The van der Waals surface area contributed by atoms with Gasteiger partial charge in [0.05, 0.1) is 23.8 Å². The van der Waals surface area contributed by atoms with Crippen molar-refractivity contribution in [3.63, 3.8) is 0 Å². The molecule has 0 aromatic heterocycles. The van der Waals surface area contributed by atoms with Crippen molar-refractivity contribution in [2.45, 2.75) is 83.9 Å². The molecule has 2 aromatic rings. The summed E-state index contributed by atoms with van der Waals surface area (Å²) in [6.07, 6.45) is -5.06. The average molecular weight is 612 g/mol. The molecule has 0 spiro atoms. The predicted octanol–water partition coefficient (Wildman–Crippen LogP) is 8.75. The van der Waals surface area contributed by atoms with E-state index in [-0.39, 0.29) is 11.6 Å². The van der Waals surface area contributed by atoms with E-state index in [2.05, 4.69) is 6.92 Å². The SMILES string of the molecule is CC1C[C@H]1CCOC(=O)/C=C/c1ccc2c(c1)CCC2N(Cc1cc(C(F)(F)F)cc(C(F)(F)F)c1)C(=O)OC(C)(C)C. The van der Waals surface area contributed by atoms with Gasteiger partial charge >= 0.3 is 24.4 Å². The topological polar surface area (TPSA) is 55.8 Å². The molecule has 0 saturated heterocycles. The minimum atomic E-state index is -5.02. The van der Waals surface area contributed by atoms with Crippen molar-refractivity contribution in [3.8, 4) is 0 Å². The number of hydrogen-bond donors (Lipinski definition) is 0. The van der Waals surface area contributed by atoms with Crippen LogP contribution in [0.1, 0.15) is 86.4 Å². The summed E-state index contributed by atoms with van der Waals surface area (Å²) in [5.74, 6) is 0.835. The number of fused-ring (bicyclic) bond motifs is 1. The van der Waals surface area contributed by atoms with Crippen LogP contribution >= 0.6 is 0 Å². The molecule has 11 heteroatoms. The molecule has 2 unspecified atom stereocenters. The van der Waals surface area contributed by atoms with E-state index < -0.39 is 53.7 Å². The monoisotopic (exact) mass is 611 g/mol. The maximum atomic E-state index is 13.5. The fourth-order valence-electron chi connectivity index (χ4n) is 5.30. The van der Waals surface area contributed by atoms with Gasteiger partial charge in [0.15, 0.2) is 0 Å². The van der Waals surface area contributed by atoms with Gasteiger partial charge in [0, 0.05) is 12.6 Å². The second kappa shape index (κ2) is 12.2. The van der Waals surface area contributed by atoms with Crippen LogP contribution in [-0.4, -0.2) is 29.2 Å². The Kier molecular flexibility index (Phi) is 9.23. The molecule has 0 heterocycles. The number of alkyl halides is 6. The van der Waals surface area contributed by atoms with Crippen molar-refractivity contribution >= 4 is 18.1 Å². The van der Waals surface area contributed by atoms with Crippen molar-refractivity contribution < 1.29 is 45.4 Å². The lowest BCUT2D eigenvalue weighted by molar-refractivity contribution is -0.143. The summed E-state index contributed by atoms with van der Waals surface area (Å²) in [5.41, 5.74) is -1.93. The third kappa shape index (κ3) is 8.76. The van der Waals surface area contributed by atoms with E-state index in [0.29, 0.717) is 54.5 Å². The first-order valence-electron chi connectivity index (χ1n) is 14.2. The molecule has 0 radical (unpaired) electrons. The quantitative estimate of drug-likeness (QED) is 0.170. The third-order valence-corrected chi connectivity index (χ3v) is 7.64. The number of benzene rings is 2. The molecule has 0 N–H and O–H groups in total. The number of nitrogens with zero attached hydrogens (tertiary/aromatic N) is 1. The van der Waals surface area contributed by atoms with Crippen LogP contribution in [0.5, 0.6) is 0 Å². The van der Waals surface area contributed by atoms with Gasteiger partial charge in [0.25, 0.3) is 0 Å². The van der Waals surface area contributed by atoms with Gasteiger partial charge in [-0.1, -0.05) is 25.1 Å². The van der Waals surface area contributed by atoms with Crippen LogP contribution < -0.4 is 0 Å². The number of aryl methyl sites for hydroxylation is 1. The van der Waals surface area contributed by atoms with Crippen LogP contribution in [0, 0.1) is 11.8 Å². The molecule has 4 rings (SSSR count). The van der Waals surface area contributed by atoms with Gasteiger partial charge in [-0.25, -0.2) is 9.59 Å². The number of amides is 1. The molecule has 1 saturated carbocycles. The van der Waals surface area contributed by atoms with Gasteiger partial charge in [0.2, 0.25) is 0 Å². The van der Waals surface area contributed by atoms with E-state index in [9.17, 15) is 35.9 Å². The normalized spacial score (nSPS) is 20.2. The Balaban J connectivity index is 1.57. The van der Waals surface area contributed by atoms with Crippen LogP contribution in [0.25, 0.3) is 6.08 Å². The van der Waals surface area contributed by atoms with Crippen molar-refractivity contribution in [2.75, 3.05) is 6.61 Å². The summed E-state index contributed by atoms with van der Waals surface area (Å²) in [7, 11) is 0. The molecule has 3 atom stereocenters. The highest BCUT2D eigenvalue weighted by atomic mass is 19.4. The fraction of sp³-hybridized carbons (Fsp3) is 0.500. The van der Waals surface area contributed by atoms with Crippen LogP contribution in [0.3, 0.4) is 0 Å². The highest BCUT2D eigenvalue weighted by Crippen LogP contribution is 2.41. The first-order valence-corrected chi connectivity index (χ1v) is 14.2. The number of ether oxygens (including phenoxy) is 2. The molecule has 2 aliphatic rings. The number of carbonyl (C=O) groups excluding carboxylic acids is 2. The summed E-state index contributed by atoms with van der Waals surface area (Å²) >= 11 is 0. The van der Waals surface area contributed by atoms with Gasteiger partial charge in [-0.15, -0.1) is 0 Å². The van der Waals surface area contributed by atoms with Gasteiger partial charge in [-0.2, -0.15) is 26.3 Å². The molecule has 2 aliphatic carbocycles. The first-order chi connectivity index (χ1) is 19.9. The van der Waals surface area contributed by atoms with E-state index >= 15 is 0 Å². The largest absolute Gasteiger partial charge is 0.463 e. The minimum absolute atomic E-state index is 0.0601. The van der Waals surface area contributed by atoms with E-state index in [4.69, 9.17) is 9.47 Å². The number of rotatable bonds is 8. The Morgan fingerprint density at radius 3 is 2.16 bits per heavy atom. The maximum absolute atomic E-state index is 13.5. The molecule has 1 fully saturated rings. The maximum Gasteiger partial charge on any atom is 0.416 e. The number of carbonyl (C=O) groups is 2. The van der Waals surface area contributed by atoms with Crippen LogP contribution in [0.15, 0.2) is 42.5 Å². The molecular weight excluding hydrogens is 576 g/mol. The summed E-state index contributed by atoms with van der Waals surface area (Å²) in [4.78, 5) is 26.6. The van der Waals surface area contributed by atoms with Crippen LogP contribution in [-0.2, 0) is 39.6 Å². The van der Waals surface area contributed by atoms with E-state index in [1.54, 1.807) is 39.0 Å². The Hall–Kier alpha value is -3.50. The zero-order valence-electron chi connectivity index (χ0n) is 24.4. The van der Waals surface area contributed by atoms with E-state index in [1.165, 1.54) is 11.0 Å². The first kappa shape index (κ1) is 32.4. The van der Waals surface area contributed by atoms with Crippen molar-refractivity contribution in [2.24, 2.45) is 11.8 Å². The van der Waals surface area contributed by atoms with Gasteiger partial charge in [-0.05, 0) is 105 Å². The van der Waals surface area contributed by atoms with E-state index in [0.717, 1.165) is 18.4 Å².